The third kappa shape index (κ3) is 5.05. The van der Waals surface area contributed by atoms with Crippen molar-refractivity contribution in [1.29, 1.82) is 0 Å². The van der Waals surface area contributed by atoms with Gasteiger partial charge >= 0.3 is 0 Å². The molecule has 1 fully saturated rings. The summed E-state index contributed by atoms with van der Waals surface area (Å²) in [5.74, 6) is 1.19. The molecule has 7 nitrogen and oxygen atoms in total. The van der Waals surface area contributed by atoms with E-state index in [9.17, 15) is 4.39 Å². The number of benzene rings is 1. The maximum Gasteiger partial charge on any atom is 0.233 e. The Hall–Kier alpha value is -2.91. The first-order valence-electron chi connectivity index (χ1n) is 10.3. The number of nitrogens with zero attached hydrogens (tertiary/aromatic N) is 3. The van der Waals surface area contributed by atoms with E-state index in [2.05, 4.69) is 15.4 Å². The van der Waals surface area contributed by atoms with Crippen molar-refractivity contribution in [3.63, 3.8) is 0 Å². The maximum atomic E-state index is 13.5. The molecule has 4 rings (SSSR count). The standard InChI is InChI=1S/C22H25FN4O3S/c1-2-24-22(31)27(14-18-4-3-11-29-18)15-19-20(16-5-7-17(23)8-6-16)25-30-21(19)26-9-12-28-13-10-26/h3-8,11H,2,9-10,12-15H2,1H3,(H,24,31). The maximum absolute atomic E-state index is 13.5. The average molecular weight is 445 g/mol. The van der Waals surface area contributed by atoms with Gasteiger partial charge in [0.05, 0.1) is 38.1 Å². The highest BCUT2D eigenvalue weighted by atomic mass is 32.1. The Morgan fingerprint density at radius 2 is 1.97 bits per heavy atom. The van der Waals surface area contributed by atoms with Crippen molar-refractivity contribution in [3.05, 3.63) is 59.8 Å². The lowest BCUT2D eigenvalue weighted by atomic mass is 10.1. The second kappa shape index (κ2) is 9.93. The van der Waals surface area contributed by atoms with Crippen LogP contribution in [-0.2, 0) is 17.8 Å². The molecule has 0 bridgehead atoms. The third-order valence-corrected chi connectivity index (χ3v) is 5.48. The molecule has 1 saturated heterocycles. The van der Waals surface area contributed by atoms with Gasteiger partial charge in [0.15, 0.2) is 5.11 Å². The molecule has 1 aliphatic rings. The summed E-state index contributed by atoms with van der Waals surface area (Å²) < 4.78 is 30.3. The van der Waals surface area contributed by atoms with Gasteiger partial charge in [-0.1, -0.05) is 5.16 Å². The predicted molar refractivity (Wildman–Crippen MR) is 119 cm³/mol. The SMILES string of the molecule is CCNC(=S)N(Cc1ccco1)Cc1c(-c2ccc(F)cc2)noc1N1CCOCC1. The predicted octanol–water partition coefficient (Wildman–Crippen LogP) is 3.81. The second-order valence-corrected chi connectivity index (χ2v) is 7.58. The van der Waals surface area contributed by atoms with E-state index in [4.69, 9.17) is 25.9 Å². The minimum atomic E-state index is -0.296. The summed E-state index contributed by atoms with van der Waals surface area (Å²) in [4.78, 5) is 4.14. The fourth-order valence-electron chi connectivity index (χ4n) is 3.54. The van der Waals surface area contributed by atoms with Gasteiger partial charge in [-0.05, 0) is 55.5 Å². The largest absolute Gasteiger partial charge is 0.467 e. The third-order valence-electron chi connectivity index (χ3n) is 5.07. The number of thiocarbonyl (C=S) groups is 1. The zero-order valence-corrected chi connectivity index (χ0v) is 18.2. The smallest absolute Gasteiger partial charge is 0.233 e. The summed E-state index contributed by atoms with van der Waals surface area (Å²) in [6.45, 7) is 6.32. The molecule has 1 aliphatic heterocycles. The Labute approximate surface area is 185 Å². The van der Waals surface area contributed by atoms with E-state index in [0.717, 1.165) is 16.9 Å². The summed E-state index contributed by atoms with van der Waals surface area (Å²) >= 11 is 5.64. The zero-order valence-electron chi connectivity index (χ0n) is 17.3. The van der Waals surface area contributed by atoms with Gasteiger partial charge < -0.3 is 28.8 Å². The minimum absolute atomic E-state index is 0.296. The van der Waals surface area contributed by atoms with Gasteiger partial charge in [-0.2, -0.15) is 0 Å². The van der Waals surface area contributed by atoms with Crippen molar-refractivity contribution in [2.45, 2.75) is 20.0 Å². The topological polar surface area (TPSA) is 66.9 Å². The Balaban J connectivity index is 1.70. The number of rotatable bonds is 7. The number of hydrogen-bond acceptors (Lipinski definition) is 6. The average Bonchev–Trinajstić information content (AvgIpc) is 3.45. The van der Waals surface area contributed by atoms with Gasteiger partial charge in [-0.3, -0.25) is 0 Å². The van der Waals surface area contributed by atoms with Crippen LogP contribution in [0.3, 0.4) is 0 Å². The van der Waals surface area contributed by atoms with Crippen LogP contribution in [0.5, 0.6) is 0 Å². The fourth-order valence-corrected chi connectivity index (χ4v) is 3.81. The molecule has 0 spiro atoms. The van der Waals surface area contributed by atoms with Gasteiger partial charge in [0.2, 0.25) is 5.88 Å². The van der Waals surface area contributed by atoms with E-state index in [-0.39, 0.29) is 5.82 Å². The summed E-state index contributed by atoms with van der Waals surface area (Å²) in [6.07, 6.45) is 1.65. The van der Waals surface area contributed by atoms with Gasteiger partial charge in [-0.25, -0.2) is 4.39 Å². The molecule has 3 heterocycles. The van der Waals surface area contributed by atoms with Gasteiger partial charge in [-0.15, -0.1) is 0 Å². The van der Waals surface area contributed by atoms with Crippen molar-refractivity contribution < 1.29 is 18.1 Å². The van der Waals surface area contributed by atoms with Crippen molar-refractivity contribution in [3.8, 4) is 11.3 Å². The number of halogens is 1. The Bertz CT molecular complexity index is 985. The van der Waals surface area contributed by atoms with Crippen LogP contribution in [0.25, 0.3) is 11.3 Å². The fraction of sp³-hybridized carbons (Fsp3) is 0.364. The normalized spacial score (nSPS) is 13.9. The minimum Gasteiger partial charge on any atom is -0.467 e. The van der Waals surface area contributed by atoms with Gasteiger partial charge in [0.1, 0.15) is 17.3 Å². The lowest BCUT2D eigenvalue weighted by Crippen LogP contribution is -2.40. The van der Waals surface area contributed by atoms with Crippen LogP contribution in [-0.4, -0.2) is 48.0 Å². The molecule has 9 heteroatoms. The number of ether oxygens (including phenoxy) is 1. The molecule has 31 heavy (non-hydrogen) atoms. The molecule has 1 aromatic carbocycles. The van der Waals surface area contributed by atoms with Crippen molar-refractivity contribution in [2.24, 2.45) is 0 Å². The summed E-state index contributed by atoms with van der Waals surface area (Å²) in [5.41, 5.74) is 2.34. The van der Waals surface area contributed by atoms with E-state index in [1.807, 2.05) is 24.0 Å². The molecule has 0 amide bonds. The van der Waals surface area contributed by atoms with E-state index >= 15 is 0 Å². The van der Waals surface area contributed by atoms with Crippen LogP contribution in [0.4, 0.5) is 10.3 Å². The van der Waals surface area contributed by atoms with Crippen LogP contribution in [0.2, 0.25) is 0 Å². The number of nitrogens with one attached hydrogen (secondary N) is 1. The van der Waals surface area contributed by atoms with Crippen molar-refractivity contribution in [1.82, 2.24) is 15.4 Å². The molecular weight excluding hydrogens is 419 g/mol. The number of anilines is 1. The highest BCUT2D eigenvalue weighted by Crippen LogP contribution is 2.33. The first-order valence-corrected chi connectivity index (χ1v) is 10.7. The number of morpholine rings is 1. The molecular formula is C22H25FN4O3S. The van der Waals surface area contributed by atoms with Gasteiger partial charge in [0.25, 0.3) is 0 Å². The van der Waals surface area contributed by atoms with E-state index in [1.54, 1.807) is 18.4 Å². The molecule has 3 aromatic rings. The first-order chi connectivity index (χ1) is 15.2. The van der Waals surface area contributed by atoms with Crippen molar-refractivity contribution >= 4 is 23.2 Å². The first kappa shape index (κ1) is 21.3. The van der Waals surface area contributed by atoms with Crippen LogP contribution in [0.15, 0.2) is 51.6 Å². The van der Waals surface area contributed by atoms with Crippen LogP contribution >= 0.6 is 12.2 Å². The highest BCUT2D eigenvalue weighted by Gasteiger charge is 2.26. The Kier molecular flexibility index (Phi) is 6.83. The molecule has 164 valence electrons. The molecule has 0 saturated carbocycles. The van der Waals surface area contributed by atoms with E-state index in [0.29, 0.717) is 62.6 Å². The Morgan fingerprint density at radius 1 is 1.19 bits per heavy atom. The van der Waals surface area contributed by atoms with Crippen LogP contribution in [0, 0.1) is 5.82 Å². The number of aromatic nitrogens is 1. The molecule has 0 aliphatic carbocycles. The molecule has 0 unspecified atom stereocenters. The lowest BCUT2D eigenvalue weighted by molar-refractivity contribution is 0.120. The molecule has 1 N–H and O–H groups in total. The summed E-state index contributed by atoms with van der Waals surface area (Å²) in [5, 5.41) is 8.18. The Morgan fingerprint density at radius 3 is 2.65 bits per heavy atom. The van der Waals surface area contributed by atoms with Crippen LogP contribution < -0.4 is 10.2 Å². The lowest BCUT2D eigenvalue weighted by Gasteiger charge is -2.29. The second-order valence-electron chi connectivity index (χ2n) is 7.19. The summed E-state index contributed by atoms with van der Waals surface area (Å²) in [6, 6.07) is 10.0. The number of hydrogen-bond donors (Lipinski definition) is 1. The molecule has 0 atom stereocenters. The van der Waals surface area contributed by atoms with E-state index in [1.165, 1.54) is 12.1 Å². The van der Waals surface area contributed by atoms with Gasteiger partial charge in [0, 0.05) is 25.2 Å². The van der Waals surface area contributed by atoms with Crippen molar-refractivity contribution in [2.75, 3.05) is 37.7 Å². The summed E-state index contributed by atoms with van der Waals surface area (Å²) in [7, 11) is 0. The quantitative estimate of drug-likeness (QED) is 0.552. The monoisotopic (exact) mass is 444 g/mol. The zero-order chi connectivity index (χ0) is 21.6. The molecule has 0 radical (unpaired) electrons. The highest BCUT2D eigenvalue weighted by molar-refractivity contribution is 7.80. The van der Waals surface area contributed by atoms with Crippen LogP contribution in [0.1, 0.15) is 18.2 Å². The number of furan rings is 1. The molecule has 2 aromatic heterocycles. The van der Waals surface area contributed by atoms with E-state index < -0.39 is 0 Å².